The predicted molar refractivity (Wildman–Crippen MR) is 62.5 cm³/mol. The average Bonchev–Trinajstić information content (AvgIpc) is 2.72. The molecule has 0 saturated carbocycles. The average molecular weight is 257 g/mol. The van der Waals surface area contributed by atoms with Crippen LogP contribution in [-0.4, -0.2) is 23.8 Å². The molecule has 0 spiro atoms. The van der Waals surface area contributed by atoms with Gasteiger partial charge in [-0.05, 0) is 24.6 Å². The van der Waals surface area contributed by atoms with Crippen LogP contribution in [0.25, 0.3) is 0 Å². The summed E-state index contributed by atoms with van der Waals surface area (Å²) in [6.45, 7) is 2.32. The maximum atomic E-state index is 10.6. The molecule has 1 unspecified atom stereocenters. The van der Waals surface area contributed by atoms with E-state index in [1.54, 1.807) is 6.07 Å². The zero-order valence-electron chi connectivity index (χ0n) is 9.40. The van der Waals surface area contributed by atoms with E-state index in [1.807, 2.05) is 6.07 Å². The lowest BCUT2D eigenvalue weighted by Gasteiger charge is -2.12. The molecule has 0 fully saturated rings. The van der Waals surface area contributed by atoms with E-state index >= 15 is 0 Å². The Hall–Kier alpha value is -1.26. The quantitative estimate of drug-likeness (QED) is 0.898. The van der Waals surface area contributed by atoms with Crippen LogP contribution in [0, 0.1) is 0 Å². The molecule has 1 aromatic carbocycles. The Kier molecular flexibility index (Phi) is 3.54. The fourth-order valence-corrected chi connectivity index (χ4v) is 2.00. The minimum Gasteiger partial charge on any atom is -0.493 e. The van der Waals surface area contributed by atoms with E-state index in [4.69, 9.17) is 26.2 Å². The van der Waals surface area contributed by atoms with E-state index in [2.05, 4.69) is 0 Å². The van der Waals surface area contributed by atoms with Gasteiger partial charge >= 0.3 is 5.97 Å². The van der Waals surface area contributed by atoms with Crippen LogP contribution in [0.15, 0.2) is 12.1 Å². The van der Waals surface area contributed by atoms with E-state index in [0.29, 0.717) is 11.6 Å². The van der Waals surface area contributed by atoms with Gasteiger partial charge in [0.05, 0.1) is 13.2 Å². The van der Waals surface area contributed by atoms with Crippen molar-refractivity contribution in [2.24, 2.45) is 0 Å². The van der Waals surface area contributed by atoms with Crippen molar-refractivity contribution in [2.75, 3.05) is 6.61 Å². The summed E-state index contributed by atoms with van der Waals surface area (Å²) in [5, 5.41) is 9.35. The van der Waals surface area contributed by atoms with Crippen molar-refractivity contribution < 1.29 is 19.4 Å². The normalized spacial score (nSPS) is 15.2. The van der Waals surface area contributed by atoms with Gasteiger partial charge < -0.3 is 14.6 Å². The Morgan fingerprint density at radius 1 is 1.65 bits per heavy atom. The highest BCUT2D eigenvalue weighted by Gasteiger charge is 2.19. The summed E-state index contributed by atoms with van der Waals surface area (Å²) in [5.41, 5.74) is 1.86. The minimum absolute atomic E-state index is 0.191. The maximum Gasteiger partial charge on any atom is 0.332 e. The number of hydrogen-bond acceptors (Lipinski definition) is 3. The Bertz CT molecular complexity index is 444. The summed E-state index contributed by atoms with van der Waals surface area (Å²) >= 11 is 5.98. The smallest absolute Gasteiger partial charge is 0.332 e. The lowest BCUT2D eigenvalue weighted by Crippen LogP contribution is -2.19. The van der Waals surface area contributed by atoms with Crippen LogP contribution < -0.4 is 4.74 Å². The van der Waals surface area contributed by atoms with Gasteiger partial charge in [0, 0.05) is 17.0 Å². The summed E-state index contributed by atoms with van der Waals surface area (Å²) in [6, 6.07) is 3.62. The van der Waals surface area contributed by atoms with Crippen LogP contribution >= 0.6 is 11.6 Å². The van der Waals surface area contributed by atoms with Gasteiger partial charge in [-0.3, -0.25) is 0 Å². The molecule has 1 atom stereocenters. The Balaban J connectivity index is 2.13. The van der Waals surface area contributed by atoms with E-state index < -0.39 is 12.1 Å². The number of fused-ring (bicyclic) bond motifs is 1. The second-order valence-corrected chi connectivity index (χ2v) is 4.38. The molecule has 1 aliphatic rings. The molecule has 1 aliphatic heterocycles. The second-order valence-electron chi connectivity index (χ2n) is 3.94. The fraction of sp³-hybridized carbons (Fsp3) is 0.417. The summed E-state index contributed by atoms with van der Waals surface area (Å²) in [5.74, 6) is -0.198. The molecule has 1 aromatic rings. The van der Waals surface area contributed by atoms with Crippen molar-refractivity contribution in [3.8, 4) is 5.75 Å². The largest absolute Gasteiger partial charge is 0.493 e. The molecule has 0 amide bonds. The van der Waals surface area contributed by atoms with Crippen LogP contribution in [0.5, 0.6) is 5.75 Å². The maximum absolute atomic E-state index is 10.6. The number of benzene rings is 1. The number of rotatable bonds is 4. The van der Waals surface area contributed by atoms with Gasteiger partial charge in [-0.1, -0.05) is 11.6 Å². The van der Waals surface area contributed by atoms with E-state index in [1.165, 1.54) is 6.92 Å². The van der Waals surface area contributed by atoms with Crippen molar-refractivity contribution in [3.63, 3.8) is 0 Å². The first-order chi connectivity index (χ1) is 8.08. The Morgan fingerprint density at radius 2 is 2.41 bits per heavy atom. The third-order valence-corrected chi connectivity index (χ3v) is 2.88. The molecular formula is C12H13ClO4. The van der Waals surface area contributed by atoms with Crippen molar-refractivity contribution >= 4 is 17.6 Å². The molecule has 0 aromatic heterocycles. The summed E-state index contributed by atoms with van der Waals surface area (Å²) < 4.78 is 10.7. The molecule has 0 saturated heterocycles. The summed E-state index contributed by atoms with van der Waals surface area (Å²) in [6.07, 6.45) is -0.0109. The lowest BCUT2D eigenvalue weighted by molar-refractivity contribution is -0.149. The van der Waals surface area contributed by atoms with E-state index in [0.717, 1.165) is 23.3 Å². The van der Waals surface area contributed by atoms with Crippen LogP contribution in [0.4, 0.5) is 0 Å². The number of aliphatic carboxylic acids is 1. The Labute approximate surface area is 104 Å². The zero-order chi connectivity index (χ0) is 12.4. The van der Waals surface area contributed by atoms with Crippen LogP contribution in [0.1, 0.15) is 18.1 Å². The van der Waals surface area contributed by atoms with Crippen LogP contribution in [-0.2, 0) is 22.6 Å². The molecule has 0 radical (unpaired) electrons. The topological polar surface area (TPSA) is 55.8 Å². The van der Waals surface area contributed by atoms with Gasteiger partial charge in [0.15, 0.2) is 6.10 Å². The molecular weight excluding hydrogens is 244 g/mol. The molecule has 5 heteroatoms. The van der Waals surface area contributed by atoms with E-state index in [9.17, 15) is 4.79 Å². The van der Waals surface area contributed by atoms with E-state index in [-0.39, 0.29) is 6.61 Å². The van der Waals surface area contributed by atoms with Crippen molar-refractivity contribution in [2.45, 2.75) is 26.1 Å². The van der Waals surface area contributed by atoms with Gasteiger partial charge in [0.1, 0.15) is 5.75 Å². The number of carboxylic acid groups (broad SMARTS) is 1. The highest BCUT2D eigenvalue weighted by atomic mass is 35.5. The monoisotopic (exact) mass is 256 g/mol. The van der Waals surface area contributed by atoms with Gasteiger partial charge in [-0.15, -0.1) is 0 Å². The first-order valence-electron chi connectivity index (χ1n) is 5.36. The summed E-state index contributed by atoms with van der Waals surface area (Å²) in [7, 11) is 0. The van der Waals surface area contributed by atoms with Crippen molar-refractivity contribution in [3.05, 3.63) is 28.3 Å². The van der Waals surface area contributed by atoms with Crippen LogP contribution in [0.3, 0.4) is 0 Å². The number of carboxylic acids is 1. The molecule has 4 nitrogen and oxygen atoms in total. The van der Waals surface area contributed by atoms with Crippen LogP contribution in [0.2, 0.25) is 5.02 Å². The van der Waals surface area contributed by atoms with Crippen molar-refractivity contribution in [1.29, 1.82) is 0 Å². The zero-order valence-corrected chi connectivity index (χ0v) is 10.2. The molecule has 0 bridgehead atoms. The van der Waals surface area contributed by atoms with Gasteiger partial charge in [-0.25, -0.2) is 4.79 Å². The number of ether oxygens (including phenoxy) is 2. The highest BCUT2D eigenvalue weighted by molar-refractivity contribution is 6.30. The second kappa shape index (κ2) is 4.94. The molecule has 2 rings (SSSR count). The van der Waals surface area contributed by atoms with Crippen molar-refractivity contribution in [1.82, 2.24) is 0 Å². The molecule has 92 valence electrons. The van der Waals surface area contributed by atoms with Gasteiger partial charge in [0.25, 0.3) is 0 Å². The predicted octanol–water partition coefficient (Wildman–Crippen LogP) is 2.26. The molecule has 1 heterocycles. The molecule has 0 aliphatic carbocycles. The number of hydrogen-bond donors (Lipinski definition) is 1. The first-order valence-corrected chi connectivity index (χ1v) is 5.74. The number of halogens is 1. The SMILES string of the molecule is CC(OCc1cc(Cl)cc2c1OCC2)C(=O)O. The first kappa shape index (κ1) is 12.2. The minimum atomic E-state index is -0.982. The third-order valence-electron chi connectivity index (χ3n) is 2.66. The van der Waals surface area contributed by atoms with Gasteiger partial charge in [0.2, 0.25) is 0 Å². The molecule has 17 heavy (non-hydrogen) atoms. The lowest BCUT2D eigenvalue weighted by atomic mass is 10.1. The fourth-order valence-electron chi connectivity index (χ4n) is 1.74. The summed E-state index contributed by atoms with van der Waals surface area (Å²) in [4.78, 5) is 10.6. The Morgan fingerprint density at radius 3 is 3.12 bits per heavy atom. The van der Waals surface area contributed by atoms with Gasteiger partial charge in [-0.2, -0.15) is 0 Å². The third kappa shape index (κ3) is 2.70. The highest BCUT2D eigenvalue weighted by Crippen LogP contribution is 2.33. The number of carbonyl (C=O) groups is 1. The standard InChI is InChI=1S/C12H13ClO4/c1-7(12(14)15)17-6-9-5-10(13)4-8-2-3-16-11(8)9/h4-5,7H,2-3,6H2,1H3,(H,14,15). The molecule has 1 N–H and O–H groups in total.